The van der Waals surface area contributed by atoms with E-state index in [1.807, 2.05) is 45.0 Å². The molecule has 3 amide bonds. The van der Waals surface area contributed by atoms with Gasteiger partial charge in [0.2, 0.25) is 17.7 Å². The number of piperidine rings is 1. The van der Waals surface area contributed by atoms with Crippen molar-refractivity contribution in [1.82, 2.24) is 20.5 Å². The Labute approximate surface area is 206 Å². The molecule has 5 atom stereocenters. The molecule has 2 aliphatic rings. The second-order valence-corrected chi connectivity index (χ2v) is 11.4. The van der Waals surface area contributed by atoms with Crippen LogP contribution in [-0.2, 0) is 14.4 Å². The SMILES string of the molecule is CC(=O)NC(C(=O)N1C[C@H]2[C@@H]([C@H]1C(=O)NC(C#N)c1cncc3ccccc13)C2(C)C)C(C)(C)C. The lowest BCUT2D eigenvalue weighted by Gasteiger charge is -2.37. The number of nitrogens with zero attached hydrogens (tertiary/aromatic N) is 3. The average molecular weight is 476 g/mol. The van der Waals surface area contributed by atoms with Gasteiger partial charge in [-0.1, -0.05) is 58.9 Å². The third kappa shape index (κ3) is 4.36. The van der Waals surface area contributed by atoms with Gasteiger partial charge in [0.05, 0.1) is 6.07 Å². The normalized spacial score (nSPS) is 24.1. The Morgan fingerprint density at radius 1 is 1.17 bits per heavy atom. The Balaban J connectivity index is 1.63. The van der Waals surface area contributed by atoms with E-state index in [-0.39, 0.29) is 35.0 Å². The maximum absolute atomic E-state index is 13.7. The molecular weight excluding hydrogens is 442 g/mol. The average Bonchev–Trinajstić information content (AvgIpc) is 3.12. The highest BCUT2D eigenvalue weighted by Crippen LogP contribution is 2.65. The van der Waals surface area contributed by atoms with Crippen LogP contribution >= 0.6 is 0 Å². The second-order valence-electron chi connectivity index (χ2n) is 11.4. The van der Waals surface area contributed by atoms with Crippen LogP contribution in [0.3, 0.4) is 0 Å². The van der Waals surface area contributed by atoms with Gasteiger partial charge in [0, 0.05) is 36.8 Å². The van der Waals surface area contributed by atoms with Gasteiger partial charge in [-0.2, -0.15) is 5.26 Å². The summed E-state index contributed by atoms with van der Waals surface area (Å²) in [6, 6.07) is 7.40. The molecule has 35 heavy (non-hydrogen) atoms. The van der Waals surface area contributed by atoms with E-state index < -0.39 is 23.5 Å². The van der Waals surface area contributed by atoms with Gasteiger partial charge in [-0.05, 0) is 28.1 Å². The maximum atomic E-state index is 13.7. The van der Waals surface area contributed by atoms with Crippen molar-refractivity contribution in [2.45, 2.75) is 59.7 Å². The number of aromatic nitrogens is 1. The number of rotatable bonds is 5. The van der Waals surface area contributed by atoms with Crippen LogP contribution in [0, 0.1) is 34.0 Å². The van der Waals surface area contributed by atoms with Gasteiger partial charge in [0.25, 0.3) is 0 Å². The number of hydrogen-bond acceptors (Lipinski definition) is 5. The Morgan fingerprint density at radius 3 is 2.49 bits per heavy atom. The summed E-state index contributed by atoms with van der Waals surface area (Å²) < 4.78 is 0. The molecule has 8 nitrogen and oxygen atoms in total. The van der Waals surface area contributed by atoms with Crippen molar-refractivity contribution in [2.75, 3.05) is 6.54 Å². The van der Waals surface area contributed by atoms with Gasteiger partial charge in [-0.3, -0.25) is 19.4 Å². The smallest absolute Gasteiger partial charge is 0.246 e. The van der Waals surface area contributed by atoms with Gasteiger partial charge in [-0.25, -0.2) is 0 Å². The Bertz CT molecular complexity index is 1220. The van der Waals surface area contributed by atoms with Crippen molar-refractivity contribution in [2.24, 2.45) is 22.7 Å². The zero-order chi connectivity index (χ0) is 25.7. The molecule has 184 valence electrons. The molecular formula is C27H33N5O3. The molecule has 2 aromatic rings. The van der Waals surface area contributed by atoms with Crippen LogP contribution in [0.4, 0.5) is 0 Å². The van der Waals surface area contributed by atoms with Crippen LogP contribution < -0.4 is 10.6 Å². The molecule has 1 saturated heterocycles. The molecule has 1 aromatic carbocycles. The highest BCUT2D eigenvalue weighted by Gasteiger charge is 2.69. The van der Waals surface area contributed by atoms with Crippen LogP contribution in [0.1, 0.15) is 53.1 Å². The van der Waals surface area contributed by atoms with E-state index in [2.05, 4.69) is 35.5 Å². The predicted octanol–water partition coefficient (Wildman–Crippen LogP) is 2.95. The lowest BCUT2D eigenvalue weighted by atomic mass is 9.85. The van der Waals surface area contributed by atoms with E-state index in [0.717, 1.165) is 10.8 Å². The van der Waals surface area contributed by atoms with Crippen LogP contribution in [0.25, 0.3) is 10.8 Å². The first-order valence-corrected chi connectivity index (χ1v) is 12.0. The van der Waals surface area contributed by atoms with E-state index in [1.165, 1.54) is 6.92 Å². The first kappa shape index (κ1) is 24.6. The molecule has 4 rings (SSSR count). The van der Waals surface area contributed by atoms with E-state index in [4.69, 9.17) is 0 Å². The first-order valence-electron chi connectivity index (χ1n) is 12.0. The molecule has 0 spiro atoms. The number of hydrogen-bond donors (Lipinski definition) is 2. The minimum atomic E-state index is -0.910. The summed E-state index contributed by atoms with van der Waals surface area (Å²) in [5.41, 5.74) is 0.00973. The monoisotopic (exact) mass is 475 g/mol. The van der Waals surface area contributed by atoms with Crippen molar-refractivity contribution in [3.05, 3.63) is 42.2 Å². The van der Waals surface area contributed by atoms with E-state index in [1.54, 1.807) is 17.3 Å². The topological polar surface area (TPSA) is 115 Å². The molecule has 1 aliphatic heterocycles. The largest absolute Gasteiger partial charge is 0.344 e. The van der Waals surface area contributed by atoms with E-state index in [0.29, 0.717) is 12.1 Å². The highest BCUT2D eigenvalue weighted by molar-refractivity contribution is 5.94. The molecule has 2 heterocycles. The predicted molar refractivity (Wildman–Crippen MR) is 132 cm³/mol. The molecule has 0 bridgehead atoms. The third-order valence-corrected chi connectivity index (χ3v) is 7.65. The number of fused-ring (bicyclic) bond motifs is 2. The zero-order valence-electron chi connectivity index (χ0n) is 21.1. The summed E-state index contributed by atoms with van der Waals surface area (Å²) in [7, 11) is 0. The van der Waals surface area contributed by atoms with Crippen LogP contribution in [0.2, 0.25) is 0 Å². The van der Waals surface area contributed by atoms with Crippen molar-refractivity contribution >= 4 is 28.5 Å². The number of benzene rings is 1. The van der Waals surface area contributed by atoms with Crippen molar-refractivity contribution in [3.63, 3.8) is 0 Å². The number of carbonyl (C=O) groups is 3. The molecule has 1 saturated carbocycles. The summed E-state index contributed by atoms with van der Waals surface area (Å²) in [4.78, 5) is 45.1. The quantitative estimate of drug-likeness (QED) is 0.690. The van der Waals surface area contributed by atoms with Crippen LogP contribution in [0.5, 0.6) is 0 Å². The number of amides is 3. The van der Waals surface area contributed by atoms with Gasteiger partial charge < -0.3 is 15.5 Å². The maximum Gasteiger partial charge on any atom is 0.246 e. The Kier molecular flexibility index (Phi) is 6.08. The summed E-state index contributed by atoms with van der Waals surface area (Å²) >= 11 is 0. The summed E-state index contributed by atoms with van der Waals surface area (Å²) in [6.45, 7) is 11.7. The fraction of sp³-hybridized carbons (Fsp3) is 0.519. The summed E-state index contributed by atoms with van der Waals surface area (Å²) in [5, 5.41) is 17.4. The summed E-state index contributed by atoms with van der Waals surface area (Å²) in [5.74, 6) is -0.728. The van der Waals surface area contributed by atoms with Gasteiger partial charge >= 0.3 is 0 Å². The van der Waals surface area contributed by atoms with Gasteiger partial charge in [0.15, 0.2) is 0 Å². The van der Waals surface area contributed by atoms with Crippen molar-refractivity contribution in [1.29, 1.82) is 5.26 Å². The Morgan fingerprint density at radius 2 is 1.86 bits per heavy atom. The molecule has 0 radical (unpaired) electrons. The number of nitrogens with one attached hydrogen (secondary N) is 2. The lowest BCUT2D eigenvalue weighted by Crippen LogP contribution is -2.59. The molecule has 2 unspecified atom stereocenters. The van der Waals surface area contributed by atoms with Crippen molar-refractivity contribution in [3.8, 4) is 6.07 Å². The van der Waals surface area contributed by atoms with Crippen molar-refractivity contribution < 1.29 is 14.4 Å². The fourth-order valence-corrected chi connectivity index (χ4v) is 5.61. The number of likely N-dealkylation sites (tertiary alicyclic amines) is 1. The molecule has 8 heteroatoms. The number of carbonyl (C=O) groups excluding carboxylic acids is 3. The molecule has 2 fully saturated rings. The second kappa shape index (κ2) is 8.63. The molecule has 2 N–H and O–H groups in total. The van der Waals surface area contributed by atoms with Gasteiger partial charge in [0.1, 0.15) is 18.1 Å². The molecule has 1 aromatic heterocycles. The van der Waals surface area contributed by atoms with Crippen LogP contribution in [-0.4, -0.2) is 46.2 Å². The Hall–Kier alpha value is -3.47. The van der Waals surface area contributed by atoms with E-state index in [9.17, 15) is 19.6 Å². The van der Waals surface area contributed by atoms with E-state index >= 15 is 0 Å². The summed E-state index contributed by atoms with van der Waals surface area (Å²) in [6.07, 6.45) is 3.32. The minimum absolute atomic E-state index is 0.00520. The zero-order valence-corrected chi connectivity index (χ0v) is 21.1. The number of nitriles is 1. The van der Waals surface area contributed by atoms with Crippen LogP contribution in [0.15, 0.2) is 36.7 Å². The lowest BCUT2D eigenvalue weighted by molar-refractivity contribution is -0.145. The molecule has 1 aliphatic carbocycles. The van der Waals surface area contributed by atoms with Gasteiger partial charge in [-0.15, -0.1) is 0 Å². The standard InChI is InChI=1S/C27H33N5O3/c1-15(33)30-23(26(2,3)4)25(35)32-14-19-21(27(19,5)6)22(32)24(34)31-20(11-28)18-13-29-12-16-9-7-8-10-17(16)18/h7-10,12-13,19-23H,14H2,1-6H3,(H,30,33)(H,31,34)/t19-,20?,21-,22-,23?/m0/s1. The highest BCUT2D eigenvalue weighted by atomic mass is 16.2. The first-order chi connectivity index (χ1) is 16.4. The number of pyridine rings is 1. The third-order valence-electron chi connectivity index (χ3n) is 7.65. The minimum Gasteiger partial charge on any atom is -0.344 e. The fourth-order valence-electron chi connectivity index (χ4n) is 5.61.